The summed E-state index contributed by atoms with van der Waals surface area (Å²) >= 11 is 2.07. The van der Waals surface area contributed by atoms with E-state index >= 15 is 0 Å². The quantitative estimate of drug-likeness (QED) is 0.877. The van der Waals surface area contributed by atoms with Crippen LogP contribution in [-0.4, -0.2) is 40.2 Å². The van der Waals surface area contributed by atoms with Gasteiger partial charge < -0.3 is 15.0 Å². The van der Waals surface area contributed by atoms with Gasteiger partial charge in [0.05, 0.1) is 11.6 Å². The maximum absolute atomic E-state index is 6.24. The Morgan fingerprint density at radius 3 is 3.10 bits per heavy atom. The van der Waals surface area contributed by atoms with Crippen LogP contribution in [0.25, 0.3) is 0 Å². The van der Waals surface area contributed by atoms with Gasteiger partial charge in [-0.3, -0.25) is 0 Å². The van der Waals surface area contributed by atoms with Crippen LogP contribution in [0.15, 0.2) is 12.4 Å². The first-order chi connectivity index (χ1) is 10.3. The van der Waals surface area contributed by atoms with Gasteiger partial charge in [-0.2, -0.15) is 11.8 Å². The minimum atomic E-state index is 0.146. The van der Waals surface area contributed by atoms with Crippen LogP contribution in [0, 0.1) is 5.92 Å². The van der Waals surface area contributed by atoms with Crippen LogP contribution in [0.3, 0.4) is 0 Å². The Balaban J connectivity index is 1.72. The topological polar surface area (TPSA) is 49.9 Å². The molecule has 2 atom stereocenters. The first kappa shape index (κ1) is 15.4. The lowest BCUT2D eigenvalue weighted by Crippen LogP contribution is -2.46. The summed E-state index contributed by atoms with van der Waals surface area (Å²) in [6, 6.07) is 0.343. The molecule has 2 saturated heterocycles. The van der Waals surface area contributed by atoms with E-state index in [1.165, 1.54) is 30.8 Å². The van der Waals surface area contributed by atoms with Gasteiger partial charge in [0, 0.05) is 19.0 Å². The molecule has 0 aliphatic carbocycles. The summed E-state index contributed by atoms with van der Waals surface area (Å²) in [4.78, 5) is 7.83. The highest BCUT2D eigenvalue weighted by atomic mass is 32.2. The van der Waals surface area contributed by atoms with Gasteiger partial charge in [0.2, 0.25) is 0 Å². The second-order valence-electron chi connectivity index (χ2n) is 6.30. The molecule has 2 N–H and O–H groups in total. The summed E-state index contributed by atoms with van der Waals surface area (Å²) < 4.78 is 6.24. The molecule has 2 aliphatic rings. The highest BCUT2D eigenvalue weighted by molar-refractivity contribution is 7.99. The number of rotatable bonds is 5. The molecular formula is C16H27N3OS. The Morgan fingerprint density at radius 1 is 1.52 bits per heavy atom. The molecule has 1 aromatic rings. The van der Waals surface area contributed by atoms with Crippen LogP contribution >= 0.6 is 11.8 Å². The van der Waals surface area contributed by atoms with E-state index in [4.69, 9.17) is 4.74 Å². The number of hydrogen-bond acceptors (Lipinski definition) is 4. The number of nitrogens with one attached hydrogen (secondary N) is 2. The summed E-state index contributed by atoms with van der Waals surface area (Å²) in [5.41, 5.74) is 0.146. The standard InChI is InChI=1S/C16H27N3OS/c1-2-6-17-14(15-18-7-8-19-15)13-3-9-20-16(12-13)4-10-21-11-5-16/h7-8,13-14,17H,2-6,9-12H2,1H3,(H,18,19). The van der Waals surface area contributed by atoms with Crippen molar-refractivity contribution in [2.75, 3.05) is 24.7 Å². The van der Waals surface area contributed by atoms with Crippen LogP contribution in [0.4, 0.5) is 0 Å². The summed E-state index contributed by atoms with van der Waals surface area (Å²) in [5, 5.41) is 3.71. The molecule has 2 fully saturated rings. The molecule has 1 aromatic heterocycles. The Labute approximate surface area is 131 Å². The van der Waals surface area contributed by atoms with E-state index in [0.29, 0.717) is 12.0 Å². The maximum atomic E-state index is 6.24. The Bertz CT molecular complexity index is 412. The molecule has 3 heterocycles. The Kier molecular flexibility index (Phi) is 5.24. The number of imidazole rings is 1. The van der Waals surface area contributed by atoms with Crippen LogP contribution in [0.2, 0.25) is 0 Å². The number of thioether (sulfide) groups is 1. The van der Waals surface area contributed by atoms with Crippen molar-refractivity contribution in [1.82, 2.24) is 15.3 Å². The molecule has 0 radical (unpaired) electrons. The van der Waals surface area contributed by atoms with Crippen LogP contribution in [0.5, 0.6) is 0 Å². The molecule has 4 nitrogen and oxygen atoms in total. The molecule has 0 bridgehead atoms. The van der Waals surface area contributed by atoms with Gasteiger partial charge in [0.25, 0.3) is 0 Å². The summed E-state index contributed by atoms with van der Waals surface area (Å²) in [6.45, 7) is 4.17. The van der Waals surface area contributed by atoms with E-state index in [9.17, 15) is 0 Å². The highest BCUT2D eigenvalue weighted by Crippen LogP contribution is 2.43. The molecular weight excluding hydrogens is 282 g/mol. The fraction of sp³-hybridized carbons (Fsp3) is 0.812. The zero-order valence-electron chi connectivity index (χ0n) is 12.9. The summed E-state index contributed by atoms with van der Waals surface area (Å²) in [7, 11) is 0. The van der Waals surface area contributed by atoms with Gasteiger partial charge in [-0.05, 0) is 56.1 Å². The Hall–Kier alpha value is -0.520. The second kappa shape index (κ2) is 7.16. The van der Waals surface area contributed by atoms with E-state index in [-0.39, 0.29) is 5.60 Å². The third kappa shape index (κ3) is 3.63. The van der Waals surface area contributed by atoms with Crippen molar-refractivity contribution < 1.29 is 4.74 Å². The van der Waals surface area contributed by atoms with E-state index in [1.54, 1.807) is 0 Å². The third-order valence-electron chi connectivity index (χ3n) is 4.83. The highest BCUT2D eigenvalue weighted by Gasteiger charge is 2.41. The average molecular weight is 309 g/mol. The molecule has 3 rings (SSSR count). The van der Waals surface area contributed by atoms with E-state index < -0.39 is 0 Å². The average Bonchev–Trinajstić information content (AvgIpc) is 3.03. The van der Waals surface area contributed by atoms with Gasteiger partial charge in [0.1, 0.15) is 5.82 Å². The van der Waals surface area contributed by atoms with Gasteiger partial charge in [-0.15, -0.1) is 0 Å². The predicted molar refractivity (Wildman–Crippen MR) is 87.6 cm³/mol. The lowest BCUT2D eigenvalue weighted by molar-refractivity contribution is -0.107. The fourth-order valence-electron chi connectivity index (χ4n) is 3.68. The van der Waals surface area contributed by atoms with Crippen molar-refractivity contribution in [3.8, 4) is 0 Å². The van der Waals surface area contributed by atoms with Crippen molar-refractivity contribution >= 4 is 11.8 Å². The number of H-pyrrole nitrogens is 1. The summed E-state index contributed by atoms with van der Waals surface area (Å²) in [6.07, 6.45) is 9.69. The zero-order chi connectivity index (χ0) is 14.5. The minimum Gasteiger partial charge on any atom is -0.375 e. The number of hydrogen-bond donors (Lipinski definition) is 2. The predicted octanol–water partition coefficient (Wildman–Crippen LogP) is 3.14. The number of aromatic nitrogens is 2. The van der Waals surface area contributed by atoms with Crippen molar-refractivity contribution in [1.29, 1.82) is 0 Å². The largest absolute Gasteiger partial charge is 0.375 e. The van der Waals surface area contributed by atoms with Crippen molar-refractivity contribution in [3.63, 3.8) is 0 Å². The van der Waals surface area contributed by atoms with E-state index in [2.05, 4.69) is 34.0 Å². The molecule has 0 aromatic carbocycles. The van der Waals surface area contributed by atoms with Crippen molar-refractivity contribution in [2.45, 2.75) is 50.7 Å². The van der Waals surface area contributed by atoms with Crippen molar-refractivity contribution in [2.24, 2.45) is 5.92 Å². The van der Waals surface area contributed by atoms with Gasteiger partial charge >= 0.3 is 0 Å². The van der Waals surface area contributed by atoms with E-state index in [1.807, 2.05) is 12.4 Å². The molecule has 5 heteroatoms. The lowest BCUT2D eigenvalue weighted by atomic mass is 9.78. The molecule has 2 unspecified atom stereocenters. The van der Waals surface area contributed by atoms with Gasteiger partial charge in [0.15, 0.2) is 0 Å². The Morgan fingerprint density at radius 2 is 2.38 bits per heavy atom. The molecule has 0 saturated carbocycles. The number of nitrogens with zero attached hydrogens (tertiary/aromatic N) is 1. The SMILES string of the molecule is CCCNC(c1ncc[nH]1)C1CCOC2(CCSCC2)C1. The van der Waals surface area contributed by atoms with Crippen LogP contribution in [-0.2, 0) is 4.74 Å². The van der Waals surface area contributed by atoms with Gasteiger partial charge in [-0.1, -0.05) is 6.92 Å². The summed E-state index contributed by atoms with van der Waals surface area (Å²) in [5.74, 6) is 4.22. The minimum absolute atomic E-state index is 0.146. The zero-order valence-corrected chi connectivity index (χ0v) is 13.8. The smallest absolute Gasteiger partial charge is 0.123 e. The second-order valence-corrected chi connectivity index (χ2v) is 7.53. The first-order valence-corrected chi connectivity index (χ1v) is 9.43. The van der Waals surface area contributed by atoms with E-state index in [0.717, 1.165) is 31.8 Å². The maximum Gasteiger partial charge on any atom is 0.123 e. The van der Waals surface area contributed by atoms with Crippen molar-refractivity contribution in [3.05, 3.63) is 18.2 Å². The molecule has 2 aliphatic heterocycles. The molecule has 118 valence electrons. The third-order valence-corrected chi connectivity index (χ3v) is 5.82. The fourth-order valence-corrected chi connectivity index (χ4v) is 4.91. The molecule has 1 spiro atoms. The number of ether oxygens (including phenoxy) is 1. The lowest BCUT2D eigenvalue weighted by Gasteiger charge is -2.45. The molecule has 0 amide bonds. The molecule has 21 heavy (non-hydrogen) atoms. The number of aromatic amines is 1. The monoisotopic (exact) mass is 309 g/mol. The first-order valence-electron chi connectivity index (χ1n) is 8.27. The van der Waals surface area contributed by atoms with Crippen LogP contribution < -0.4 is 5.32 Å². The normalized spacial score (nSPS) is 26.8. The van der Waals surface area contributed by atoms with Crippen LogP contribution in [0.1, 0.15) is 50.9 Å². The van der Waals surface area contributed by atoms with Gasteiger partial charge in [-0.25, -0.2) is 4.98 Å².